The van der Waals surface area contributed by atoms with Crippen molar-refractivity contribution in [2.75, 3.05) is 36.5 Å². The van der Waals surface area contributed by atoms with Gasteiger partial charge < -0.3 is 19.7 Å². The van der Waals surface area contributed by atoms with Crippen LogP contribution >= 0.6 is 15.9 Å². The molecule has 0 bridgehead atoms. The summed E-state index contributed by atoms with van der Waals surface area (Å²) >= 11 is 3.45. The Bertz CT molecular complexity index is 801. The Labute approximate surface area is 161 Å². The predicted molar refractivity (Wildman–Crippen MR) is 106 cm³/mol. The van der Waals surface area contributed by atoms with Crippen molar-refractivity contribution < 1.29 is 14.3 Å². The largest absolute Gasteiger partial charge is 0.486 e. The molecule has 2 aliphatic heterocycles. The average Bonchev–Trinajstić information content (AvgIpc) is 2.68. The van der Waals surface area contributed by atoms with Crippen molar-refractivity contribution in [3.63, 3.8) is 0 Å². The van der Waals surface area contributed by atoms with Crippen LogP contribution in [0.3, 0.4) is 0 Å². The number of fused-ring (bicyclic) bond motifs is 1. The number of nitrogens with one attached hydrogen (secondary N) is 1. The van der Waals surface area contributed by atoms with Crippen molar-refractivity contribution in [2.45, 2.75) is 19.3 Å². The van der Waals surface area contributed by atoms with Crippen LogP contribution in [0.1, 0.15) is 29.6 Å². The fourth-order valence-corrected chi connectivity index (χ4v) is 3.85. The van der Waals surface area contributed by atoms with Crippen LogP contribution in [-0.4, -0.2) is 32.2 Å². The van der Waals surface area contributed by atoms with Gasteiger partial charge in [-0.25, -0.2) is 0 Å². The lowest BCUT2D eigenvalue weighted by Gasteiger charge is -2.28. The topological polar surface area (TPSA) is 50.8 Å². The molecule has 1 amide bonds. The quantitative estimate of drug-likeness (QED) is 0.801. The molecule has 4 rings (SSSR count). The normalized spacial score (nSPS) is 16.3. The second-order valence-corrected chi connectivity index (χ2v) is 7.38. The van der Waals surface area contributed by atoms with E-state index < -0.39 is 0 Å². The maximum Gasteiger partial charge on any atom is 0.256 e. The predicted octanol–water partition coefficient (Wildman–Crippen LogP) is 4.46. The van der Waals surface area contributed by atoms with E-state index in [9.17, 15) is 4.79 Å². The highest BCUT2D eigenvalue weighted by molar-refractivity contribution is 9.10. The number of hydrogen-bond acceptors (Lipinski definition) is 4. The van der Waals surface area contributed by atoms with Gasteiger partial charge in [0.05, 0.1) is 5.56 Å². The van der Waals surface area contributed by atoms with Gasteiger partial charge in [-0.15, -0.1) is 0 Å². The maximum atomic E-state index is 12.7. The van der Waals surface area contributed by atoms with Crippen LogP contribution in [0, 0.1) is 0 Å². The molecule has 6 heteroatoms. The van der Waals surface area contributed by atoms with E-state index in [0.717, 1.165) is 18.8 Å². The molecule has 0 aromatic heterocycles. The first-order valence-electron chi connectivity index (χ1n) is 8.96. The van der Waals surface area contributed by atoms with Crippen LogP contribution in [0.4, 0.5) is 11.4 Å². The number of anilines is 2. The molecule has 2 aromatic carbocycles. The average molecular weight is 417 g/mol. The summed E-state index contributed by atoms with van der Waals surface area (Å²) in [4.78, 5) is 15.1. The van der Waals surface area contributed by atoms with Crippen molar-refractivity contribution in [1.82, 2.24) is 0 Å². The van der Waals surface area contributed by atoms with Crippen molar-refractivity contribution in [1.29, 1.82) is 0 Å². The first kappa shape index (κ1) is 17.2. The van der Waals surface area contributed by atoms with E-state index in [-0.39, 0.29) is 5.91 Å². The van der Waals surface area contributed by atoms with Gasteiger partial charge in [-0.05, 0) is 71.6 Å². The Balaban J connectivity index is 1.47. The van der Waals surface area contributed by atoms with Crippen LogP contribution < -0.4 is 19.7 Å². The van der Waals surface area contributed by atoms with E-state index in [1.807, 2.05) is 12.1 Å². The molecule has 0 saturated carbocycles. The molecule has 26 heavy (non-hydrogen) atoms. The molecule has 2 aliphatic rings. The van der Waals surface area contributed by atoms with Gasteiger partial charge in [-0.1, -0.05) is 0 Å². The van der Waals surface area contributed by atoms with Crippen LogP contribution in [0.15, 0.2) is 40.9 Å². The van der Waals surface area contributed by atoms with Gasteiger partial charge in [0.25, 0.3) is 5.91 Å². The van der Waals surface area contributed by atoms with E-state index in [4.69, 9.17) is 9.47 Å². The number of halogens is 1. The zero-order valence-corrected chi connectivity index (χ0v) is 16.0. The zero-order valence-electron chi connectivity index (χ0n) is 14.5. The molecule has 0 aliphatic carbocycles. The highest BCUT2D eigenvalue weighted by atomic mass is 79.9. The molecule has 1 N–H and O–H groups in total. The lowest BCUT2D eigenvalue weighted by atomic mass is 10.1. The van der Waals surface area contributed by atoms with E-state index in [1.165, 1.54) is 24.9 Å². The molecule has 2 heterocycles. The van der Waals surface area contributed by atoms with Gasteiger partial charge in [0.1, 0.15) is 13.2 Å². The molecular weight excluding hydrogens is 396 g/mol. The third-order valence-electron chi connectivity index (χ3n) is 4.72. The van der Waals surface area contributed by atoms with Crippen LogP contribution in [0.5, 0.6) is 11.5 Å². The number of nitrogens with zero attached hydrogens (tertiary/aromatic N) is 1. The number of amides is 1. The van der Waals surface area contributed by atoms with Crippen LogP contribution in [-0.2, 0) is 0 Å². The summed E-state index contributed by atoms with van der Waals surface area (Å²) in [7, 11) is 0. The summed E-state index contributed by atoms with van der Waals surface area (Å²) in [6.07, 6.45) is 3.81. The molecule has 0 spiro atoms. The lowest BCUT2D eigenvalue weighted by Crippen LogP contribution is -2.29. The Morgan fingerprint density at radius 2 is 1.62 bits per heavy atom. The number of hydrogen-bond donors (Lipinski definition) is 1. The Kier molecular flexibility index (Phi) is 5.02. The van der Waals surface area contributed by atoms with Crippen LogP contribution in [0.2, 0.25) is 0 Å². The van der Waals surface area contributed by atoms with Gasteiger partial charge in [-0.2, -0.15) is 0 Å². The fourth-order valence-electron chi connectivity index (χ4n) is 3.34. The SMILES string of the molecule is O=C(Nc1ccc(N2CCCCC2)cc1)c1cc2c(cc1Br)OCCO2. The Morgan fingerprint density at radius 1 is 0.962 bits per heavy atom. The Hall–Kier alpha value is -2.21. The summed E-state index contributed by atoms with van der Waals surface area (Å²) in [5.74, 6) is 1.08. The Morgan fingerprint density at radius 3 is 2.31 bits per heavy atom. The molecule has 1 saturated heterocycles. The molecule has 0 unspecified atom stereocenters. The third kappa shape index (κ3) is 3.65. The highest BCUT2D eigenvalue weighted by Gasteiger charge is 2.19. The maximum absolute atomic E-state index is 12.7. The summed E-state index contributed by atoms with van der Waals surface area (Å²) in [5.41, 5.74) is 2.51. The fraction of sp³-hybridized carbons (Fsp3) is 0.350. The summed E-state index contributed by atoms with van der Waals surface area (Å²) in [6, 6.07) is 11.5. The number of carbonyl (C=O) groups is 1. The highest BCUT2D eigenvalue weighted by Crippen LogP contribution is 2.35. The number of piperidine rings is 1. The number of ether oxygens (including phenoxy) is 2. The number of carbonyl (C=O) groups excluding carboxylic acids is 1. The minimum atomic E-state index is -0.181. The van der Waals surface area contributed by atoms with Gasteiger partial charge in [0.2, 0.25) is 0 Å². The number of benzene rings is 2. The molecule has 0 atom stereocenters. The van der Waals surface area contributed by atoms with Gasteiger partial charge in [-0.3, -0.25) is 4.79 Å². The van der Waals surface area contributed by atoms with Crippen molar-refractivity contribution in [2.24, 2.45) is 0 Å². The van der Waals surface area contributed by atoms with E-state index in [0.29, 0.717) is 34.7 Å². The minimum absolute atomic E-state index is 0.181. The van der Waals surface area contributed by atoms with Crippen molar-refractivity contribution >= 4 is 33.2 Å². The van der Waals surface area contributed by atoms with E-state index in [1.54, 1.807) is 12.1 Å². The van der Waals surface area contributed by atoms with E-state index >= 15 is 0 Å². The standard InChI is InChI=1S/C20H21BrN2O3/c21-17-13-19-18(25-10-11-26-19)12-16(17)20(24)22-14-4-6-15(7-5-14)23-8-2-1-3-9-23/h4-7,12-13H,1-3,8-11H2,(H,22,24). The first-order chi connectivity index (χ1) is 12.7. The molecular formula is C20H21BrN2O3. The summed E-state index contributed by atoms with van der Waals surface area (Å²) < 4.78 is 11.8. The zero-order chi connectivity index (χ0) is 17.9. The molecule has 2 aromatic rings. The second kappa shape index (κ2) is 7.58. The van der Waals surface area contributed by atoms with Gasteiger partial charge in [0, 0.05) is 28.9 Å². The van der Waals surface area contributed by atoms with Crippen molar-refractivity contribution in [3.05, 3.63) is 46.4 Å². The van der Waals surface area contributed by atoms with Gasteiger partial charge in [0.15, 0.2) is 11.5 Å². The summed E-state index contributed by atoms with van der Waals surface area (Å²) in [6.45, 7) is 3.23. The summed E-state index contributed by atoms with van der Waals surface area (Å²) in [5, 5.41) is 2.95. The second-order valence-electron chi connectivity index (χ2n) is 6.52. The first-order valence-corrected chi connectivity index (χ1v) is 9.75. The molecule has 0 radical (unpaired) electrons. The minimum Gasteiger partial charge on any atom is -0.486 e. The molecule has 5 nitrogen and oxygen atoms in total. The smallest absolute Gasteiger partial charge is 0.256 e. The van der Waals surface area contributed by atoms with E-state index in [2.05, 4.69) is 38.3 Å². The lowest BCUT2D eigenvalue weighted by molar-refractivity contribution is 0.102. The number of rotatable bonds is 3. The van der Waals surface area contributed by atoms with Crippen molar-refractivity contribution in [3.8, 4) is 11.5 Å². The van der Waals surface area contributed by atoms with Gasteiger partial charge >= 0.3 is 0 Å². The van der Waals surface area contributed by atoms with Crippen LogP contribution in [0.25, 0.3) is 0 Å². The molecule has 136 valence electrons. The third-order valence-corrected chi connectivity index (χ3v) is 5.38. The molecule has 1 fully saturated rings. The monoisotopic (exact) mass is 416 g/mol.